The van der Waals surface area contributed by atoms with Crippen molar-refractivity contribution in [1.82, 2.24) is 19.7 Å². The van der Waals surface area contributed by atoms with E-state index in [1.807, 2.05) is 30.2 Å². The second-order valence-corrected chi connectivity index (χ2v) is 7.39. The van der Waals surface area contributed by atoms with Crippen molar-refractivity contribution in [3.05, 3.63) is 47.6 Å². The molecular weight excluding hydrogens is 352 g/mol. The van der Waals surface area contributed by atoms with E-state index in [1.165, 1.54) is 18.9 Å². The van der Waals surface area contributed by atoms with Gasteiger partial charge in [0.2, 0.25) is 0 Å². The van der Waals surface area contributed by atoms with Crippen molar-refractivity contribution >= 4 is 23.1 Å². The molecule has 0 amide bonds. The zero-order chi connectivity index (χ0) is 19.7. The fraction of sp³-hybridized carbons (Fsp3) is 0.364. The summed E-state index contributed by atoms with van der Waals surface area (Å²) in [6.45, 7) is 4.79. The lowest BCUT2D eigenvalue weighted by molar-refractivity contribution is -0.131. The van der Waals surface area contributed by atoms with Crippen LogP contribution in [0.5, 0.6) is 0 Å². The van der Waals surface area contributed by atoms with E-state index in [0.717, 1.165) is 58.4 Å². The van der Waals surface area contributed by atoms with Gasteiger partial charge in [-0.2, -0.15) is 5.10 Å². The van der Waals surface area contributed by atoms with Crippen LogP contribution >= 0.6 is 0 Å². The molecule has 4 rings (SSSR count). The Morgan fingerprint density at radius 2 is 2.07 bits per heavy atom. The Bertz CT molecular complexity index is 1060. The molecule has 1 N–H and O–H groups in total. The first-order valence-electron chi connectivity index (χ1n) is 9.81. The molecule has 1 fully saturated rings. The largest absolute Gasteiger partial charge is 0.478 e. The first kappa shape index (κ1) is 18.3. The van der Waals surface area contributed by atoms with E-state index >= 15 is 0 Å². The maximum absolute atomic E-state index is 11.3. The summed E-state index contributed by atoms with van der Waals surface area (Å²) in [7, 11) is 0. The summed E-state index contributed by atoms with van der Waals surface area (Å²) in [5.41, 5.74) is 5.71. The molecule has 3 aromatic heterocycles. The number of hydrogen-bond acceptors (Lipinski definition) is 4. The fourth-order valence-corrected chi connectivity index (χ4v) is 4.19. The zero-order valence-corrected chi connectivity index (χ0v) is 16.2. The number of nitrogens with zero attached hydrogens (tertiary/aromatic N) is 4. The highest BCUT2D eigenvalue weighted by atomic mass is 16.4. The van der Waals surface area contributed by atoms with E-state index < -0.39 is 5.97 Å². The SMILES string of the molecule is CCn1ncc2c(-c3cncc(C)c3)c(C=CC(=O)O)c(C3CCCC3)nc21. The van der Waals surface area contributed by atoms with Gasteiger partial charge in [-0.15, -0.1) is 0 Å². The van der Waals surface area contributed by atoms with E-state index in [0.29, 0.717) is 5.92 Å². The molecule has 3 aromatic rings. The molecule has 3 heterocycles. The van der Waals surface area contributed by atoms with Crippen LogP contribution in [-0.2, 0) is 11.3 Å². The third kappa shape index (κ3) is 3.30. The number of rotatable bonds is 5. The van der Waals surface area contributed by atoms with Crippen molar-refractivity contribution in [3.63, 3.8) is 0 Å². The lowest BCUT2D eigenvalue weighted by Gasteiger charge is -2.18. The van der Waals surface area contributed by atoms with E-state index in [2.05, 4.69) is 23.1 Å². The lowest BCUT2D eigenvalue weighted by Crippen LogP contribution is -2.06. The summed E-state index contributed by atoms with van der Waals surface area (Å²) in [5.74, 6) is -0.621. The minimum absolute atomic E-state index is 0.342. The number of aromatic nitrogens is 4. The Kier molecular flexibility index (Phi) is 4.94. The van der Waals surface area contributed by atoms with Crippen LogP contribution < -0.4 is 0 Å². The monoisotopic (exact) mass is 376 g/mol. The Hall–Kier alpha value is -3.02. The highest BCUT2D eigenvalue weighted by molar-refractivity contribution is 5.99. The molecule has 6 heteroatoms. The molecule has 0 saturated heterocycles. The van der Waals surface area contributed by atoms with Crippen LogP contribution in [0.4, 0.5) is 0 Å². The van der Waals surface area contributed by atoms with Crippen LogP contribution in [0.25, 0.3) is 28.2 Å². The van der Waals surface area contributed by atoms with Crippen LogP contribution in [0.3, 0.4) is 0 Å². The lowest BCUT2D eigenvalue weighted by atomic mass is 9.90. The molecule has 0 atom stereocenters. The summed E-state index contributed by atoms with van der Waals surface area (Å²) in [6, 6.07) is 2.08. The number of aliphatic carboxylic acids is 1. The van der Waals surface area contributed by atoms with Crippen LogP contribution in [0.1, 0.15) is 55.3 Å². The number of aryl methyl sites for hydroxylation is 2. The van der Waals surface area contributed by atoms with Gasteiger partial charge < -0.3 is 5.11 Å². The third-order valence-electron chi connectivity index (χ3n) is 5.45. The first-order valence-corrected chi connectivity index (χ1v) is 9.81. The Morgan fingerprint density at radius 1 is 1.29 bits per heavy atom. The van der Waals surface area contributed by atoms with Gasteiger partial charge in [-0.3, -0.25) is 4.98 Å². The molecule has 0 bridgehead atoms. The molecule has 1 aliphatic rings. The van der Waals surface area contributed by atoms with E-state index in [4.69, 9.17) is 4.98 Å². The van der Waals surface area contributed by atoms with Crippen LogP contribution in [0, 0.1) is 6.92 Å². The average Bonchev–Trinajstić information content (AvgIpc) is 3.34. The highest BCUT2D eigenvalue weighted by Crippen LogP contribution is 2.41. The van der Waals surface area contributed by atoms with Gasteiger partial charge in [-0.05, 0) is 44.4 Å². The second-order valence-electron chi connectivity index (χ2n) is 7.39. The maximum atomic E-state index is 11.3. The standard InChI is InChI=1S/C22H24N4O2/c1-3-26-22-18(13-24-26)20(16-10-14(2)11-23-12-16)17(8-9-19(27)28)21(25-22)15-6-4-5-7-15/h8-13,15H,3-7H2,1-2H3,(H,27,28). The van der Waals surface area contributed by atoms with Gasteiger partial charge in [0, 0.05) is 53.0 Å². The van der Waals surface area contributed by atoms with Gasteiger partial charge in [0.25, 0.3) is 0 Å². The number of carbonyl (C=O) groups is 1. The minimum Gasteiger partial charge on any atom is -0.478 e. The molecule has 6 nitrogen and oxygen atoms in total. The molecule has 28 heavy (non-hydrogen) atoms. The quantitative estimate of drug-likeness (QED) is 0.659. The summed E-state index contributed by atoms with van der Waals surface area (Å²) in [6.07, 6.45) is 12.9. The van der Waals surface area contributed by atoms with Crippen molar-refractivity contribution in [2.45, 2.75) is 52.0 Å². The van der Waals surface area contributed by atoms with Crippen molar-refractivity contribution < 1.29 is 9.90 Å². The fourth-order valence-electron chi connectivity index (χ4n) is 4.19. The van der Waals surface area contributed by atoms with Gasteiger partial charge >= 0.3 is 5.97 Å². The van der Waals surface area contributed by atoms with Gasteiger partial charge in [-0.1, -0.05) is 12.8 Å². The molecule has 1 saturated carbocycles. The van der Waals surface area contributed by atoms with Crippen molar-refractivity contribution in [3.8, 4) is 11.1 Å². The Morgan fingerprint density at radius 3 is 2.75 bits per heavy atom. The molecule has 1 aliphatic carbocycles. The molecule has 144 valence electrons. The van der Waals surface area contributed by atoms with Gasteiger partial charge in [0.05, 0.1) is 11.9 Å². The molecule has 0 unspecified atom stereocenters. The maximum Gasteiger partial charge on any atom is 0.328 e. The topological polar surface area (TPSA) is 80.9 Å². The van der Waals surface area contributed by atoms with Crippen LogP contribution in [-0.4, -0.2) is 30.8 Å². The molecular formula is C22H24N4O2. The summed E-state index contributed by atoms with van der Waals surface area (Å²) in [5, 5.41) is 14.7. The molecule has 0 radical (unpaired) electrons. The number of fused-ring (bicyclic) bond motifs is 1. The number of hydrogen-bond donors (Lipinski definition) is 1. The predicted molar refractivity (Wildman–Crippen MR) is 109 cm³/mol. The van der Waals surface area contributed by atoms with E-state index in [9.17, 15) is 9.90 Å². The summed E-state index contributed by atoms with van der Waals surface area (Å²) >= 11 is 0. The van der Waals surface area contributed by atoms with Crippen molar-refractivity contribution in [2.24, 2.45) is 0 Å². The van der Waals surface area contributed by atoms with E-state index in [1.54, 1.807) is 6.08 Å². The Labute approximate surface area is 163 Å². The Balaban J connectivity index is 2.08. The zero-order valence-electron chi connectivity index (χ0n) is 16.2. The number of pyridine rings is 2. The van der Waals surface area contributed by atoms with Crippen molar-refractivity contribution in [2.75, 3.05) is 0 Å². The first-order chi connectivity index (χ1) is 13.6. The average molecular weight is 376 g/mol. The van der Waals surface area contributed by atoms with E-state index in [-0.39, 0.29) is 0 Å². The smallest absolute Gasteiger partial charge is 0.328 e. The van der Waals surface area contributed by atoms with Crippen LogP contribution in [0.15, 0.2) is 30.7 Å². The normalized spacial score (nSPS) is 15.1. The number of carboxylic acids is 1. The van der Waals surface area contributed by atoms with Crippen molar-refractivity contribution in [1.29, 1.82) is 0 Å². The van der Waals surface area contributed by atoms with Gasteiger partial charge in [0.15, 0.2) is 5.65 Å². The number of carboxylic acid groups (broad SMARTS) is 1. The van der Waals surface area contributed by atoms with Crippen LogP contribution in [0.2, 0.25) is 0 Å². The molecule has 0 aliphatic heterocycles. The third-order valence-corrected chi connectivity index (χ3v) is 5.45. The summed E-state index contributed by atoms with van der Waals surface area (Å²) < 4.78 is 1.91. The van der Waals surface area contributed by atoms with Gasteiger partial charge in [-0.25, -0.2) is 14.5 Å². The van der Waals surface area contributed by atoms with Gasteiger partial charge in [0.1, 0.15) is 0 Å². The minimum atomic E-state index is -0.963. The molecule has 0 spiro atoms. The predicted octanol–water partition coefficient (Wildman–Crippen LogP) is 4.58. The highest BCUT2D eigenvalue weighted by Gasteiger charge is 2.26. The second kappa shape index (κ2) is 7.54. The molecule has 0 aromatic carbocycles. The summed E-state index contributed by atoms with van der Waals surface area (Å²) in [4.78, 5) is 20.7.